The normalized spacial score (nSPS) is 42.6. The van der Waals surface area contributed by atoms with Gasteiger partial charge in [0.1, 0.15) is 6.29 Å². The van der Waals surface area contributed by atoms with Crippen LogP contribution in [0.15, 0.2) is 0 Å². The standard InChI is InChI=1S/C7H11IO4/c8-2-6-5(10)1-4(3-9)7(11)12-6/h3-7,10-11H,1-2H2/t4-,5+,6-,7?/m0/s1. The number of alkyl halides is 1. The number of aliphatic hydroxyl groups is 2. The van der Waals surface area contributed by atoms with Crippen LogP contribution in [0.5, 0.6) is 0 Å². The van der Waals surface area contributed by atoms with E-state index in [1.54, 1.807) is 0 Å². The lowest BCUT2D eigenvalue weighted by Gasteiger charge is -2.33. The van der Waals surface area contributed by atoms with E-state index in [4.69, 9.17) is 4.74 Å². The summed E-state index contributed by atoms with van der Waals surface area (Å²) in [5.74, 6) is -0.584. The van der Waals surface area contributed by atoms with Crippen LogP contribution in [-0.2, 0) is 9.53 Å². The molecule has 0 aliphatic carbocycles. The second-order valence-corrected chi connectivity index (χ2v) is 3.70. The Labute approximate surface area is 84.0 Å². The van der Waals surface area contributed by atoms with E-state index in [0.29, 0.717) is 17.1 Å². The Morgan fingerprint density at radius 2 is 2.25 bits per heavy atom. The summed E-state index contributed by atoms with van der Waals surface area (Å²) in [5.41, 5.74) is 0. The molecule has 5 heteroatoms. The Kier molecular flexibility index (Phi) is 3.88. The zero-order chi connectivity index (χ0) is 9.14. The summed E-state index contributed by atoms with van der Waals surface area (Å²) < 4.78 is 5.63. The van der Waals surface area contributed by atoms with Crippen molar-refractivity contribution in [2.75, 3.05) is 4.43 Å². The summed E-state index contributed by atoms with van der Waals surface area (Å²) in [4.78, 5) is 10.4. The van der Waals surface area contributed by atoms with Gasteiger partial charge in [-0.25, -0.2) is 0 Å². The van der Waals surface area contributed by atoms with Crippen LogP contribution in [-0.4, -0.2) is 39.4 Å². The quantitative estimate of drug-likeness (QED) is 0.416. The Balaban J connectivity index is 2.55. The third-order valence-electron chi connectivity index (χ3n) is 1.95. The van der Waals surface area contributed by atoms with Gasteiger partial charge in [-0.2, -0.15) is 0 Å². The van der Waals surface area contributed by atoms with Crippen LogP contribution in [0.1, 0.15) is 6.42 Å². The highest BCUT2D eigenvalue weighted by Gasteiger charge is 2.35. The van der Waals surface area contributed by atoms with Crippen LogP contribution in [0.2, 0.25) is 0 Å². The molecule has 0 saturated carbocycles. The molecule has 12 heavy (non-hydrogen) atoms. The van der Waals surface area contributed by atoms with Crippen LogP contribution in [0.3, 0.4) is 0 Å². The first kappa shape index (κ1) is 10.4. The second kappa shape index (κ2) is 4.50. The van der Waals surface area contributed by atoms with Gasteiger partial charge in [0.25, 0.3) is 0 Å². The van der Waals surface area contributed by atoms with Crippen molar-refractivity contribution in [2.24, 2.45) is 5.92 Å². The molecule has 0 aromatic rings. The van der Waals surface area contributed by atoms with Crippen LogP contribution in [0.4, 0.5) is 0 Å². The largest absolute Gasteiger partial charge is 0.390 e. The van der Waals surface area contributed by atoms with Gasteiger partial charge in [0, 0.05) is 4.43 Å². The summed E-state index contributed by atoms with van der Waals surface area (Å²) in [6.07, 6.45) is -1.13. The highest BCUT2D eigenvalue weighted by atomic mass is 127. The Hall–Kier alpha value is 0.280. The van der Waals surface area contributed by atoms with E-state index in [9.17, 15) is 15.0 Å². The van der Waals surface area contributed by atoms with E-state index in [0.717, 1.165) is 0 Å². The predicted octanol–water partition coefficient (Wildman–Crippen LogP) is -0.295. The molecule has 1 heterocycles. The van der Waals surface area contributed by atoms with Crippen molar-refractivity contribution in [2.45, 2.75) is 24.9 Å². The van der Waals surface area contributed by atoms with Gasteiger partial charge in [-0.15, -0.1) is 0 Å². The molecule has 1 aliphatic heterocycles. The minimum Gasteiger partial charge on any atom is -0.390 e. The average molecular weight is 286 g/mol. The van der Waals surface area contributed by atoms with E-state index < -0.39 is 18.3 Å². The molecule has 0 aromatic heterocycles. The number of aliphatic hydroxyl groups excluding tert-OH is 2. The number of carbonyl (C=O) groups excluding carboxylic acids is 1. The van der Waals surface area contributed by atoms with Crippen LogP contribution >= 0.6 is 22.6 Å². The molecule has 1 unspecified atom stereocenters. The number of ether oxygens (including phenoxy) is 1. The van der Waals surface area contributed by atoms with Gasteiger partial charge in [0.15, 0.2) is 6.29 Å². The molecule has 1 rings (SSSR count). The summed E-state index contributed by atoms with van der Waals surface area (Å²) in [5, 5.41) is 18.6. The fourth-order valence-electron chi connectivity index (χ4n) is 1.18. The van der Waals surface area contributed by atoms with Crippen molar-refractivity contribution in [3.05, 3.63) is 0 Å². The molecule has 0 bridgehead atoms. The highest BCUT2D eigenvalue weighted by Crippen LogP contribution is 2.23. The molecule has 70 valence electrons. The molecule has 1 fully saturated rings. The smallest absolute Gasteiger partial charge is 0.164 e. The van der Waals surface area contributed by atoms with Gasteiger partial charge in [0.05, 0.1) is 18.1 Å². The lowest BCUT2D eigenvalue weighted by Crippen LogP contribution is -2.45. The van der Waals surface area contributed by atoms with Crippen molar-refractivity contribution in [1.29, 1.82) is 0 Å². The van der Waals surface area contributed by atoms with Gasteiger partial charge >= 0.3 is 0 Å². The first-order valence-corrected chi connectivity index (χ1v) is 5.24. The highest BCUT2D eigenvalue weighted by molar-refractivity contribution is 14.1. The van der Waals surface area contributed by atoms with E-state index in [2.05, 4.69) is 22.6 Å². The summed E-state index contributed by atoms with van der Waals surface area (Å²) in [7, 11) is 0. The van der Waals surface area contributed by atoms with Gasteiger partial charge in [-0.3, -0.25) is 0 Å². The fraction of sp³-hybridized carbons (Fsp3) is 0.857. The minimum absolute atomic E-state index is 0.290. The zero-order valence-electron chi connectivity index (χ0n) is 6.39. The first-order valence-electron chi connectivity index (χ1n) is 3.72. The van der Waals surface area contributed by atoms with Crippen molar-refractivity contribution in [3.63, 3.8) is 0 Å². The van der Waals surface area contributed by atoms with Crippen LogP contribution in [0, 0.1) is 5.92 Å². The molecular formula is C7H11IO4. The topological polar surface area (TPSA) is 66.8 Å². The van der Waals surface area contributed by atoms with Crippen molar-refractivity contribution in [3.8, 4) is 0 Å². The molecule has 4 nitrogen and oxygen atoms in total. The molecule has 0 spiro atoms. The van der Waals surface area contributed by atoms with Gasteiger partial charge in [-0.05, 0) is 6.42 Å². The molecule has 1 aliphatic rings. The molecule has 1 saturated heterocycles. The van der Waals surface area contributed by atoms with E-state index in [1.165, 1.54) is 0 Å². The number of rotatable bonds is 2. The van der Waals surface area contributed by atoms with Crippen LogP contribution < -0.4 is 0 Å². The Morgan fingerprint density at radius 1 is 1.58 bits per heavy atom. The maximum Gasteiger partial charge on any atom is 0.164 e. The number of hydrogen-bond donors (Lipinski definition) is 2. The van der Waals surface area contributed by atoms with E-state index in [-0.39, 0.29) is 6.10 Å². The third-order valence-corrected chi connectivity index (χ3v) is 2.82. The fourth-order valence-corrected chi connectivity index (χ4v) is 1.97. The number of halogens is 1. The summed E-state index contributed by atoms with van der Waals surface area (Å²) in [6.45, 7) is 0. The summed E-state index contributed by atoms with van der Waals surface area (Å²) in [6, 6.07) is 0. The number of aldehydes is 1. The van der Waals surface area contributed by atoms with Crippen molar-refractivity contribution >= 4 is 28.9 Å². The first-order chi connectivity index (χ1) is 5.69. The van der Waals surface area contributed by atoms with Gasteiger partial charge < -0.3 is 19.7 Å². The summed E-state index contributed by atoms with van der Waals surface area (Å²) >= 11 is 2.07. The number of hydrogen-bond acceptors (Lipinski definition) is 4. The maximum atomic E-state index is 10.4. The van der Waals surface area contributed by atoms with Gasteiger partial charge in [-0.1, -0.05) is 22.6 Å². The van der Waals surface area contributed by atoms with E-state index in [1.807, 2.05) is 0 Å². The lowest BCUT2D eigenvalue weighted by molar-refractivity contribution is -0.213. The van der Waals surface area contributed by atoms with Crippen LogP contribution in [0.25, 0.3) is 0 Å². The van der Waals surface area contributed by atoms with Gasteiger partial charge in [0.2, 0.25) is 0 Å². The molecular weight excluding hydrogens is 275 g/mol. The third kappa shape index (κ3) is 2.15. The monoisotopic (exact) mass is 286 g/mol. The molecule has 2 N–H and O–H groups in total. The lowest BCUT2D eigenvalue weighted by atomic mass is 9.96. The van der Waals surface area contributed by atoms with Crippen molar-refractivity contribution in [1.82, 2.24) is 0 Å². The Bertz CT molecular complexity index is 163. The van der Waals surface area contributed by atoms with E-state index >= 15 is 0 Å². The zero-order valence-corrected chi connectivity index (χ0v) is 8.55. The Morgan fingerprint density at radius 3 is 2.75 bits per heavy atom. The number of carbonyl (C=O) groups is 1. The molecule has 4 atom stereocenters. The molecule has 0 amide bonds. The maximum absolute atomic E-state index is 10.4. The second-order valence-electron chi connectivity index (χ2n) is 2.82. The van der Waals surface area contributed by atoms with Crippen molar-refractivity contribution < 1.29 is 19.7 Å². The SMILES string of the molecule is O=C[C@@H]1C[C@@H](O)[C@H](CI)OC1O. The molecule has 0 aromatic carbocycles. The molecule has 0 radical (unpaired) electrons. The average Bonchev–Trinajstić information content (AvgIpc) is 2.08. The predicted molar refractivity (Wildman–Crippen MR) is 49.9 cm³/mol. The minimum atomic E-state index is -1.05.